The molecule has 7 nitrogen and oxygen atoms in total. The molecule has 0 saturated carbocycles. The van der Waals surface area contributed by atoms with Crippen molar-refractivity contribution >= 4 is 40.9 Å². The van der Waals surface area contributed by atoms with Crippen LogP contribution in [0.4, 0.5) is 11.4 Å². The maximum absolute atomic E-state index is 15.1. The number of benzene rings is 2. The minimum Gasteiger partial charge on any atom is -0.394 e. The van der Waals surface area contributed by atoms with Gasteiger partial charge in [-0.2, -0.15) is 0 Å². The van der Waals surface area contributed by atoms with E-state index in [-0.39, 0.29) is 36.8 Å². The number of para-hydroxylation sites is 1. The lowest BCUT2D eigenvalue weighted by atomic mass is 9.66. The van der Waals surface area contributed by atoms with Crippen LogP contribution >= 0.6 is 11.8 Å². The van der Waals surface area contributed by atoms with Crippen LogP contribution < -0.4 is 9.80 Å². The summed E-state index contributed by atoms with van der Waals surface area (Å²) in [5.41, 5.74) is 3.52. The van der Waals surface area contributed by atoms with Crippen molar-refractivity contribution in [3.63, 3.8) is 0 Å². The molecule has 7 atom stereocenters. The normalized spacial score (nSPS) is 28.0. The van der Waals surface area contributed by atoms with Crippen LogP contribution in [0.3, 0.4) is 0 Å². The fourth-order valence-electron chi connectivity index (χ4n) is 8.01. The van der Waals surface area contributed by atoms with Crippen LogP contribution in [0.15, 0.2) is 73.8 Å². The quantitative estimate of drug-likeness (QED) is 0.295. The molecule has 240 valence electrons. The van der Waals surface area contributed by atoms with Gasteiger partial charge in [0.15, 0.2) is 0 Å². The maximum Gasteiger partial charge on any atom is 0.251 e. The molecule has 3 fully saturated rings. The SMILES string of the molecule is C=CCN(C(=O)[C@H]1[C@H]2C(=O)N([C@@H](CO)[C@@H](C)CC)C(C(=O)N(CC=C)c3cc(C)ccc3C)C23CC[C@]1(C)S3)c1ccccc1. The van der Waals surface area contributed by atoms with Crippen molar-refractivity contribution < 1.29 is 19.5 Å². The molecule has 0 aliphatic carbocycles. The van der Waals surface area contributed by atoms with Crippen LogP contribution in [0, 0.1) is 31.6 Å². The number of aliphatic hydroxyl groups excluding tert-OH is 1. The maximum atomic E-state index is 15.1. The van der Waals surface area contributed by atoms with Gasteiger partial charge in [-0.3, -0.25) is 14.4 Å². The molecule has 3 aliphatic heterocycles. The van der Waals surface area contributed by atoms with Gasteiger partial charge in [0.1, 0.15) is 6.04 Å². The van der Waals surface area contributed by atoms with Gasteiger partial charge in [-0.15, -0.1) is 24.9 Å². The largest absolute Gasteiger partial charge is 0.394 e. The minimum atomic E-state index is -0.838. The Bertz CT molecular complexity index is 1480. The van der Waals surface area contributed by atoms with Crippen LogP contribution in [-0.2, 0) is 14.4 Å². The zero-order valence-electron chi connectivity index (χ0n) is 27.2. The van der Waals surface area contributed by atoms with E-state index < -0.39 is 33.4 Å². The highest BCUT2D eigenvalue weighted by molar-refractivity contribution is 8.02. The molecule has 1 N–H and O–H groups in total. The number of thioether (sulfide) groups is 1. The number of nitrogens with zero attached hydrogens (tertiary/aromatic N) is 3. The lowest BCUT2D eigenvalue weighted by Crippen LogP contribution is -2.59. The number of carbonyl (C=O) groups excluding carboxylic acids is 3. The summed E-state index contributed by atoms with van der Waals surface area (Å²) in [6.07, 6.45) is 5.51. The molecular weight excluding hydrogens is 582 g/mol. The van der Waals surface area contributed by atoms with E-state index in [0.717, 1.165) is 28.9 Å². The van der Waals surface area contributed by atoms with Gasteiger partial charge in [0, 0.05) is 29.2 Å². The molecule has 3 amide bonds. The molecule has 8 heteroatoms. The Morgan fingerprint density at radius 1 is 1.07 bits per heavy atom. The Kier molecular flexibility index (Phi) is 9.39. The van der Waals surface area contributed by atoms with Crippen LogP contribution in [0.1, 0.15) is 51.2 Å². The fraction of sp³-hybridized carbons (Fsp3) is 0.486. The highest BCUT2D eigenvalue weighted by Gasteiger charge is 2.78. The Morgan fingerprint density at radius 3 is 2.36 bits per heavy atom. The van der Waals surface area contributed by atoms with Gasteiger partial charge in [0.25, 0.3) is 5.91 Å². The third-order valence-electron chi connectivity index (χ3n) is 10.4. The molecule has 3 aliphatic rings. The topological polar surface area (TPSA) is 81.2 Å². The smallest absolute Gasteiger partial charge is 0.251 e. The van der Waals surface area contributed by atoms with E-state index in [1.807, 2.05) is 76.2 Å². The number of amides is 3. The van der Waals surface area contributed by atoms with Crippen molar-refractivity contribution in [2.45, 2.75) is 75.5 Å². The molecule has 2 aromatic carbocycles. The number of likely N-dealkylation sites (tertiary alicyclic amines) is 1. The third-order valence-corrected chi connectivity index (χ3v) is 12.4. The standard InChI is InChI=1S/C37H47N3O4S/c1-8-20-38(27-14-12-11-13-15-27)33(42)30-31-34(43)40(29(23-41)25(5)10-3)32(37(31)19-18-36(30,7)45-37)35(44)39(21-9-2)28-22-24(4)16-17-26(28)6/h8-9,11-17,22,25,29-32,41H,1-2,10,18-21,23H2,3-7H3/t25-,29-,30+,31-,32?,36-,37?/m0/s1. The van der Waals surface area contributed by atoms with Gasteiger partial charge in [-0.1, -0.05) is 62.8 Å². The minimum absolute atomic E-state index is 0.0495. The molecule has 2 bridgehead atoms. The summed E-state index contributed by atoms with van der Waals surface area (Å²) < 4.78 is -1.33. The van der Waals surface area contributed by atoms with E-state index in [4.69, 9.17) is 0 Å². The van der Waals surface area contributed by atoms with E-state index in [2.05, 4.69) is 20.1 Å². The zero-order chi connectivity index (χ0) is 32.7. The van der Waals surface area contributed by atoms with E-state index in [0.29, 0.717) is 19.4 Å². The van der Waals surface area contributed by atoms with Crippen molar-refractivity contribution in [3.8, 4) is 0 Å². The Labute approximate surface area is 272 Å². The molecule has 2 aromatic rings. The third kappa shape index (κ3) is 5.34. The molecule has 2 unspecified atom stereocenters. The van der Waals surface area contributed by atoms with Gasteiger partial charge >= 0.3 is 0 Å². The number of fused-ring (bicyclic) bond motifs is 1. The molecule has 0 aromatic heterocycles. The predicted octanol–water partition coefficient (Wildman–Crippen LogP) is 5.93. The van der Waals surface area contributed by atoms with Gasteiger partial charge in [-0.05, 0) is 68.9 Å². The summed E-state index contributed by atoms with van der Waals surface area (Å²) >= 11 is 1.66. The van der Waals surface area contributed by atoms with Gasteiger partial charge in [-0.25, -0.2) is 0 Å². The highest BCUT2D eigenvalue weighted by atomic mass is 32.2. The first-order valence-electron chi connectivity index (χ1n) is 16.1. The highest BCUT2D eigenvalue weighted by Crippen LogP contribution is 2.72. The Balaban J connectivity index is 1.67. The Morgan fingerprint density at radius 2 is 1.73 bits per heavy atom. The van der Waals surface area contributed by atoms with Crippen molar-refractivity contribution in [2.24, 2.45) is 17.8 Å². The zero-order valence-corrected chi connectivity index (χ0v) is 28.1. The number of aryl methyl sites for hydroxylation is 2. The van der Waals surface area contributed by atoms with Gasteiger partial charge < -0.3 is 19.8 Å². The first-order chi connectivity index (χ1) is 21.5. The number of hydrogen-bond donors (Lipinski definition) is 1. The second-order valence-corrected chi connectivity index (χ2v) is 15.1. The summed E-state index contributed by atoms with van der Waals surface area (Å²) in [6.45, 7) is 18.3. The number of carbonyl (C=O) groups is 3. The van der Waals surface area contributed by atoms with E-state index in [9.17, 15) is 14.7 Å². The molecule has 45 heavy (non-hydrogen) atoms. The number of anilines is 2. The van der Waals surface area contributed by atoms with Crippen molar-refractivity contribution in [3.05, 3.63) is 85.0 Å². The first kappa shape index (κ1) is 33.0. The lowest BCUT2D eigenvalue weighted by Gasteiger charge is -2.41. The monoisotopic (exact) mass is 629 g/mol. The number of aliphatic hydroxyl groups is 1. The summed E-state index contributed by atoms with van der Waals surface area (Å²) in [6, 6.07) is 14.1. The molecule has 1 spiro atoms. The lowest BCUT2D eigenvalue weighted by molar-refractivity contribution is -0.143. The fourth-order valence-corrected chi connectivity index (χ4v) is 10.3. The van der Waals surface area contributed by atoms with Crippen molar-refractivity contribution in [1.29, 1.82) is 0 Å². The van der Waals surface area contributed by atoms with Gasteiger partial charge in [0.2, 0.25) is 11.8 Å². The van der Waals surface area contributed by atoms with Crippen LogP contribution in [0.5, 0.6) is 0 Å². The van der Waals surface area contributed by atoms with Gasteiger partial charge in [0.05, 0.1) is 29.2 Å². The average molecular weight is 630 g/mol. The number of rotatable bonds is 12. The van der Waals surface area contributed by atoms with Crippen molar-refractivity contribution in [1.82, 2.24) is 4.90 Å². The molecule has 3 saturated heterocycles. The molecule has 0 radical (unpaired) electrons. The summed E-state index contributed by atoms with van der Waals surface area (Å²) in [5, 5.41) is 10.8. The van der Waals surface area contributed by atoms with Crippen LogP contribution in [-0.4, -0.2) is 69.0 Å². The second-order valence-electron chi connectivity index (χ2n) is 13.2. The molecule has 5 rings (SSSR count). The summed E-state index contributed by atoms with van der Waals surface area (Å²) in [7, 11) is 0. The van der Waals surface area contributed by atoms with Crippen molar-refractivity contribution in [2.75, 3.05) is 29.5 Å². The molecule has 3 heterocycles. The van der Waals surface area contributed by atoms with E-state index in [1.165, 1.54) is 0 Å². The van der Waals surface area contributed by atoms with Crippen LogP contribution in [0.25, 0.3) is 0 Å². The van der Waals surface area contributed by atoms with Crippen LogP contribution in [0.2, 0.25) is 0 Å². The predicted molar refractivity (Wildman–Crippen MR) is 183 cm³/mol. The second kappa shape index (κ2) is 12.8. The van der Waals surface area contributed by atoms with E-state index in [1.54, 1.807) is 38.6 Å². The number of hydrogen-bond acceptors (Lipinski definition) is 5. The first-order valence-corrected chi connectivity index (χ1v) is 16.9. The Hall–Kier alpha value is -3.36. The summed E-state index contributed by atoms with van der Waals surface area (Å²) in [5.74, 6) is -1.88. The van der Waals surface area contributed by atoms with E-state index >= 15 is 4.79 Å². The summed E-state index contributed by atoms with van der Waals surface area (Å²) in [4.78, 5) is 49.9. The average Bonchev–Trinajstić information content (AvgIpc) is 3.60. The molecular formula is C37H47N3O4S.